The van der Waals surface area contributed by atoms with E-state index in [1.54, 1.807) is 0 Å². The molecule has 1 nitrogen and oxygen atoms in total. The lowest BCUT2D eigenvalue weighted by Crippen LogP contribution is -2.24. The second-order valence-electron chi connectivity index (χ2n) is 4.31. The van der Waals surface area contributed by atoms with Crippen LogP contribution in [0.3, 0.4) is 0 Å². The molecule has 0 radical (unpaired) electrons. The van der Waals surface area contributed by atoms with Crippen molar-refractivity contribution < 1.29 is 8.78 Å². The van der Waals surface area contributed by atoms with E-state index in [0.717, 1.165) is 15.1 Å². The minimum absolute atomic E-state index is 0.0657. The number of rotatable bonds is 5. The Kier molecular flexibility index (Phi) is 5.72. The van der Waals surface area contributed by atoms with Crippen LogP contribution in [0.25, 0.3) is 0 Å². The topological polar surface area (TPSA) is 12.0 Å². The van der Waals surface area contributed by atoms with E-state index in [1.165, 1.54) is 23.5 Å². The molecular formula is C14H13Br2F2NS. The molecule has 20 heavy (non-hydrogen) atoms. The average molecular weight is 425 g/mol. The number of benzene rings is 1. The molecule has 1 N–H and O–H groups in total. The highest BCUT2D eigenvalue weighted by Gasteiger charge is 2.23. The highest BCUT2D eigenvalue weighted by atomic mass is 79.9. The zero-order chi connectivity index (χ0) is 14.7. The molecule has 1 atom stereocenters. The first-order valence-corrected chi connectivity index (χ1v) is 8.56. The summed E-state index contributed by atoms with van der Waals surface area (Å²) >= 11 is 7.96. The van der Waals surface area contributed by atoms with Gasteiger partial charge in [-0.1, -0.05) is 22.9 Å². The summed E-state index contributed by atoms with van der Waals surface area (Å²) in [5.74, 6) is -1.09. The van der Waals surface area contributed by atoms with E-state index < -0.39 is 17.7 Å². The molecule has 1 heterocycles. The van der Waals surface area contributed by atoms with Crippen LogP contribution in [0, 0.1) is 11.6 Å². The summed E-state index contributed by atoms with van der Waals surface area (Å²) in [5.41, 5.74) is 0.0657. The quantitative estimate of drug-likeness (QED) is 0.654. The van der Waals surface area contributed by atoms with Gasteiger partial charge in [0.1, 0.15) is 11.6 Å². The predicted molar refractivity (Wildman–Crippen MR) is 86.2 cm³/mol. The molecule has 0 aliphatic rings. The summed E-state index contributed by atoms with van der Waals surface area (Å²) < 4.78 is 29.7. The van der Waals surface area contributed by atoms with Gasteiger partial charge in [-0.05, 0) is 53.2 Å². The maximum absolute atomic E-state index is 14.2. The highest BCUT2D eigenvalue weighted by Crippen LogP contribution is 2.34. The molecule has 0 bridgehead atoms. The fourth-order valence-corrected chi connectivity index (χ4v) is 3.86. The van der Waals surface area contributed by atoms with Crippen molar-refractivity contribution in [1.29, 1.82) is 0 Å². The molecule has 0 saturated heterocycles. The van der Waals surface area contributed by atoms with E-state index >= 15 is 0 Å². The van der Waals surface area contributed by atoms with Crippen LogP contribution in [0.4, 0.5) is 8.78 Å². The molecule has 1 aromatic carbocycles. The third kappa shape index (κ3) is 3.67. The molecule has 2 aromatic rings. The first kappa shape index (κ1) is 16.1. The first-order chi connectivity index (χ1) is 9.52. The van der Waals surface area contributed by atoms with Gasteiger partial charge in [0.2, 0.25) is 0 Å². The molecule has 1 unspecified atom stereocenters. The lowest BCUT2D eigenvalue weighted by atomic mass is 10.0. The van der Waals surface area contributed by atoms with Gasteiger partial charge < -0.3 is 5.32 Å². The molecule has 0 spiro atoms. The van der Waals surface area contributed by atoms with E-state index in [1.807, 2.05) is 19.1 Å². The highest BCUT2D eigenvalue weighted by molar-refractivity contribution is 9.11. The van der Waals surface area contributed by atoms with E-state index in [-0.39, 0.29) is 5.56 Å². The van der Waals surface area contributed by atoms with E-state index in [4.69, 9.17) is 0 Å². The molecule has 0 saturated carbocycles. The maximum atomic E-state index is 14.2. The third-order valence-corrected chi connectivity index (χ3v) is 4.96. The van der Waals surface area contributed by atoms with Crippen LogP contribution in [-0.2, 0) is 0 Å². The molecule has 108 valence electrons. The largest absolute Gasteiger partial charge is 0.305 e. The minimum Gasteiger partial charge on any atom is -0.305 e. The Hall–Kier alpha value is -0.300. The number of hydrogen-bond donors (Lipinski definition) is 1. The second-order valence-corrected chi connectivity index (χ2v) is 7.72. The van der Waals surface area contributed by atoms with Crippen LogP contribution in [0.2, 0.25) is 0 Å². The molecule has 0 amide bonds. The Morgan fingerprint density at radius 2 is 1.85 bits per heavy atom. The van der Waals surface area contributed by atoms with Gasteiger partial charge >= 0.3 is 0 Å². The van der Waals surface area contributed by atoms with Crippen molar-refractivity contribution >= 4 is 43.2 Å². The van der Waals surface area contributed by atoms with E-state index in [9.17, 15) is 8.78 Å². The number of halogens is 4. The van der Waals surface area contributed by atoms with Crippen molar-refractivity contribution in [3.05, 3.63) is 54.6 Å². The maximum Gasteiger partial charge on any atom is 0.132 e. The van der Waals surface area contributed by atoms with Crippen LogP contribution in [0.15, 0.2) is 32.5 Å². The van der Waals surface area contributed by atoms with Gasteiger partial charge in [-0.2, -0.15) is 0 Å². The molecule has 0 aliphatic heterocycles. The van der Waals surface area contributed by atoms with Gasteiger partial charge in [-0.25, -0.2) is 8.78 Å². The van der Waals surface area contributed by atoms with Gasteiger partial charge in [0, 0.05) is 14.9 Å². The molecule has 1 aromatic heterocycles. The monoisotopic (exact) mass is 423 g/mol. The van der Waals surface area contributed by atoms with E-state index in [0.29, 0.717) is 11.0 Å². The van der Waals surface area contributed by atoms with E-state index in [2.05, 4.69) is 37.2 Å². The Labute approximate surface area is 137 Å². The Bertz CT molecular complexity index is 578. The Morgan fingerprint density at radius 3 is 2.35 bits per heavy atom. The standard InChI is InChI=1S/C14H13Br2F2NS/c1-2-5-19-14(11-3-4-12(16)20-11)13-9(17)6-8(15)7-10(13)18/h3-4,6-7,14,19H,2,5H2,1H3. The third-order valence-electron chi connectivity index (χ3n) is 2.81. The van der Waals surface area contributed by atoms with Gasteiger partial charge in [-0.3, -0.25) is 0 Å². The zero-order valence-corrected chi connectivity index (χ0v) is 14.7. The van der Waals surface area contributed by atoms with Crippen LogP contribution >= 0.6 is 43.2 Å². The fourth-order valence-electron chi connectivity index (χ4n) is 1.95. The van der Waals surface area contributed by atoms with Crippen LogP contribution in [-0.4, -0.2) is 6.54 Å². The normalized spacial score (nSPS) is 12.7. The first-order valence-electron chi connectivity index (χ1n) is 6.16. The predicted octanol–water partition coefficient (Wildman–Crippen LogP) is 5.64. The van der Waals surface area contributed by atoms with Crippen LogP contribution in [0.1, 0.15) is 29.8 Å². The lowest BCUT2D eigenvalue weighted by molar-refractivity contribution is 0.505. The van der Waals surface area contributed by atoms with Crippen molar-refractivity contribution in [2.75, 3.05) is 6.54 Å². The SMILES string of the molecule is CCCNC(c1ccc(Br)s1)c1c(F)cc(Br)cc1F. The molecule has 0 aliphatic carbocycles. The van der Waals surface area contributed by atoms with Gasteiger partial charge in [0.25, 0.3) is 0 Å². The summed E-state index contributed by atoms with van der Waals surface area (Å²) in [6, 6.07) is 5.88. The van der Waals surface area contributed by atoms with Gasteiger partial charge in [-0.15, -0.1) is 11.3 Å². The zero-order valence-electron chi connectivity index (χ0n) is 10.7. The molecule has 6 heteroatoms. The molecular weight excluding hydrogens is 412 g/mol. The Balaban J connectivity index is 2.46. The molecule has 0 fully saturated rings. The summed E-state index contributed by atoms with van der Waals surface area (Å²) in [4.78, 5) is 0.880. The van der Waals surface area contributed by atoms with Crippen LogP contribution in [0.5, 0.6) is 0 Å². The number of nitrogens with one attached hydrogen (secondary N) is 1. The van der Waals surface area contributed by atoms with Crippen molar-refractivity contribution in [1.82, 2.24) is 5.32 Å². The summed E-state index contributed by atoms with van der Waals surface area (Å²) in [7, 11) is 0. The van der Waals surface area contributed by atoms with Gasteiger partial charge in [0.05, 0.1) is 9.83 Å². The summed E-state index contributed by atoms with van der Waals surface area (Å²) in [6.45, 7) is 2.71. The average Bonchev–Trinajstić information content (AvgIpc) is 2.78. The minimum atomic E-state index is -0.546. The van der Waals surface area contributed by atoms with Crippen molar-refractivity contribution in [2.45, 2.75) is 19.4 Å². The fraction of sp³-hybridized carbons (Fsp3) is 0.286. The summed E-state index contributed by atoms with van der Waals surface area (Å²) in [6.07, 6.45) is 0.892. The summed E-state index contributed by atoms with van der Waals surface area (Å²) in [5, 5.41) is 3.21. The Morgan fingerprint density at radius 1 is 1.20 bits per heavy atom. The lowest BCUT2D eigenvalue weighted by Gasteiger charge is -2.19. The van der Waals surface area contributed by atoms with Crippen molar-refractivity contribution in [2.24, 2.45) is 0 Å². The van der Waals surface area contributed by atoms with Crippen molar-refractivity contribution in [3.63, 3.8) is 0 Å². The molecule has 2 rings (SSSR count). The smallest absolute Gasteiger partial charge is 0.132 e. The second kappa shape index (κ2) is 7.11. The van der Waals surface area contributed by atoms with Crippen molar-refractivity contribution in [3.8, 4) is 0 Å². The number of thiophene rings is 1. The van der Waals surface area contributed by atoms with Crippen LogP contribution < -0.4 is 5.32 Å². The number of hydrogen-bond acceptors (Lipinski definition) is 2. The van der Waals surface area contributed by atoms with Gasteiger partial charge in [0.15, 0.2) is 0 Å².